The highest BCUT2D eigenvalue weighted by Gasteiger charge is 1.94. The maximum absolute atomic E-state index is 10.2. The molecule has 11 heavy (non-hydrogen) atoms. The van der Waals surface area contributed by atoms with Crippen molar-refractivity contribution in [3.63, 3.8) is 0 Å². The molecule has 0 spiro atoms. The Morgan fingerprint density at radius 1 is 1.45 bits per heavy atom. The Balaban J connectivity index is 2.87. The summed E-state index contributed by atoms with van der Waals surface area (Å²) in [5.74, 6) is 0.00287. The first-order valence-electron chi connectivity index (χ1n) is 2.90. The van der Waals surface area contributed by atoms with Crippen LogP contribution in [0.1, 0.15) is 5.56 Å². The summed E-state index contributed by atoms with van der Waals surface area (Å²) >= 11 is 5.57. The monoisotopic (exact) mass is 191 g/mol. The van der Waals surface area contributed by atoms with Gasteiger partial charge in [0.15, 0.2) is 0 Å². The van der Waals surface area contributed by atoms with Crippen LogP contribution in [0.2, 0.25) is 5.02 Å². The van der Waals surface area contributed by atoms with Crippen molar-refractivity contribution >= 4 is 22.3 Å². The van der Waals surface area contributed by atoms with E-state index in [2.05, 4.69) is 4.98 Å². The first-order valence-corrected chi connectivity index (χ1v) is 4.64. The van der Waals surface area contributed by atoms with E-state index in [1.165, 1.54) is 12.4 Å². The molecule has 0 aliphatic rings. The molecular formula is C6H6ClNO2S. The van der Waals surface area contributed by atoms with E-state index >= 15 is 0 Å². The molecule has 0 aliphatic heterocycles. The van der Waals surface area contributed by atoms with Crippen LogP contribution in [0.15, 0.2) is 18.5 Å². The van der Waals surface area contributed by atoms with E-state index in [-0.39, 0.29) is 5.75 Å². The van der Waals surface area contributed by atoms with Crippen LogP contribution >= 0.6 is 11.6 Å². The van der Waals surface area contributed by atoms with E-state index in [4.69, 9.17) is 11.6 Å². The van der Waals surface area contributed by atoms with Crippen LogP contribution in [-0.2, 0) is 16.5 Å². The number of halogens is 1. The lowest BCUT2D eigenvalue weighted by Gasteiger charge is -1.92. The molecule has 0 radical (unpaired) electrons. The van der Waals surface area contributed by atoms with E-state index in [1.54, 1.807) is 6.07 Å². The van der Waals surface area contributed by atoms with Crippen LogP contribution in [0.5, 0.6) is 0 Å². The van der Waals surface area contributed by atoms with E-state index in [0.717, 1.165) is 0 Å². The van der Waals surface area contributed by atoms with Gasteiger partial charge < -0.3 is 0 Å². The van der Waals surface area contributed by atoms with Crippen molar-refractivity contribution in [3.8, 4) is 0 Å². The minimum absolute atomic E-state index is 0.00287. The van der Waals surface area contributed by atoms with Crippen molar-refractivity contribution in [3.05, 3.63) is 29.0 Å². The number of rotatable bonds is 2. The minimum Gasteiger partial charge on any atom is -0.263 e. The van der Waals surface area contributed by atoms with Crippen molar-refractivity contribution in [2.75, 3.05) is 0 Å². The number of pyridine rings is 1. The lowest BCUT2D eigenvalue weighted by molar-refractivity contribution is 0.614. The average molecular weight is 192 g/mol. The van der Waals surface area contributed by atoms with Gasteiger partial charge in [-0.3, -0.25) is 4.98 Å². The molecule has 1 rings (SSSR count). The van der Waals surface area contributed by atoms with Gasteiger partial charge in [-0.25, -0.2) is 8.42 Å². The molecule has 0 bridgehead atoms. The van der Waals surface area contributed by atoms with Gasteiger partial charge in [-0.15, -0.1) is 0 Å². The summed E-state index contributed by atoms with van der Waals surface area (Å²) in [6.07, 6.45) is 2.94. The fraction of sp³-hybridized carbons (Fsp3) is 0.167. The second-order valence-electron chi connectivity index (χ2n) is 2.00. The van der Waals surface area contributed by atoms with Crippen molar-refractivity contribution in [1.29, 1.82) is 0 Å². The van der Waals surface area contributed by atoms with Crippen molar-refractivity contribution < 1.29 is 8.42 Å². The molecule has 5 heteroatoms. The molecule has 3 nitrogen and oxygen atoms in total. The smallest absolute Gasteiger partial charge is 0.144 e. The molecule has 60 valence electrons. The summed E-state index contributed by atoms with van der Waals surface area (Å²) < 4.78 is 20.5. The molecule has 1 aromatic heterocycles. The van der Waals surface area contributed by atoms with E-state index in [0.29, 0.717) is 10.6 Å². The summed E-state index contributed by atoms with van der Waals surface area (Å²) in [6.45, 7) is 0. The fourth-order valence-electron chi connectivity index (χ4n) is 0.691. The molecule has 0 amide bonds. The van der Waals surface area contributed by atoms with Crippen LogP contribution < -0.4 is 0 Å². The normalized spacial score (nSPS) is 10.4. The van der Waals surface area contributed by atoms with Gasteiger partial charge in [0.1, 0.15) is 10.7 Å². The lowest BCUT2D eigenvalue weighted by atomic mass is 10.3. The van der Waals surface area contributed by atoms with Gasteiger partial charge >= 0.3 is 0 Å². The molecule has 1 heterocycles. The van der Waals surface area contributed by atoms with Crippen LogP contribution in [0.4, 0.5) is 0 Å². The third-order valence-corrected chi connectivity index (χ3v) is 1.90. The average Bonchev–Trinajstić information content (AvgIpc) is 1.85. The van der Waals surface area contributed by atoms with Crippen molar-refractivity contribution in [2.45, 2.75) is 5.75 Å². The van der Waals surface area contributed by atoms with Gasteiger partial charge in [0.05, 0.1) is 10.8 Å². The fourth-order valence-corrected chi connectivity index (χ4v) is 1.36. The van der Waals surface area contributed by atoms with Crippen LogP contribution in [0.3, 0.4) is 0 Å². The highest BCUT2D eigenvalue weighted by molar-refractivity contribution is 7.71. The Morgan fingerprint density at radius 3 is 2.73 bits per heavy atom. The largest absolute Gasteiger partial charge is 0.263 e. The maximum atomic E-state index is 10.2. The second kappa shape index (κ2) is 3.69. The molecule has 0 unspecified atom stereocenters. The highest BCUT2D eigenvalue weighted by Crippen LogP contribution is 2.08. The molecule has 0 aliphatic carbocycles. The van der Waals surface area contributed by atoms with Gasteiger partial charge in [-0.2, -0.15) is 0 Å². The maximum Gasteiger partial charge on any atom is 0.144 e. The summed E-state index contributed by atoms with van der Waals surface area (Å²) in [5, 5.41) is 0.458. The standard InChI is InChI=1S/C6H6ClNO2S/c7-6-1-5(2-8-3-6)4-11(9)10/h1-3,11H,4H2. The summed E-state index contributed by atoms with van der Waals surface area (Å²) in [7, 11) is -2.39. The summed E-state index contributed by atoms with van der Waals surface area (Å²) in [4.78, 5) is 3.74. The topological polar surface area (TPSA) is 47.0 Å². The zero-order chi connectivity index (χ0) is 8.27. The number of hydrogen-bond donors (Lipinski definition) is 1. The molecule has 0 saturated heterocycles. The quantitative estimate of drug-likeness (QED) is 0.705. The molecular weight excluding hydrogens is 186 g/mol. The van der Waals surface area contributed by atoms with Crippen molar-refractivity contribution in [2.24, 2.45) is 0 Å². The second-order valence-corrected chi connectivity index (χ2v) is 3.42. The molecule has 0 atom stereocenters. The van der Waals surface area contributed by atoms with Crippen molar-refractivity contribution in [1.82, 2.24) is 4.98 Å². The third kappa shape index (κ3) is 2.86. The summed E-state index contributed by atoms with van der Waals surface area (Å²) in [6, 6.07) is 1.58. The molecule has 1 aromatic rings. The zero-order valence-corrected chi connectivity index (χ0v) is 7.18. The van der Waals surface area contributed by atoms with Gasteiger partial charge in [0.25, 0.3) is 0 Å². The van der Waals surface area contributed by atoms with E-state index < -0.39 is 10.7 Å². The number of hydrogen-bond acceptors (Lipinski definition) is 3. The van der Waals surface area contributed by atoms with Crippen LogP contribution in [0, 0.1) is 0 Å². The first kappa shape index (κ1) is 8.49. The minimum atomic E-state index is -2.39. The predicted molar refractivity (Wildman–Crippen MR) is 43.3 cm³/mol. The van der Waals surface area contributed by atoms with Gasteiger partial charge in [-0.1, -0.05) is 11.6 Å². The Morgan fingerprint density at radius 2 is 2.18 bits per heavy atom. The SMILES string of the molecule is O=[SH](=O)Cc1cncc(Cl)c1. The third-order valence-electron chi connectivity index (χ3n) is 1.07. The van der Waals surface area contributed by atoms with Gasteiger partial charge in [0, 0.05) is 12.4 Å². The summed E-state index contributed by atoms with van der Waals surface area (Å²) in [5.41, 5.74) is 0.619. The van der Waals surface area contributed by atoms with Crippen LogP contribution in [-0.4, -0.2) is 13.4 Å². The number of nitrogens with zero attached hydrogens (tertiary/aromatic N) is 1. The van der Waals surface area contributed by atoms with Gasteiger partial charge in [-0.05, 0) is 11.6 Å². The van der Waals surface area contributed by atoms with Crippen LogP contribution in [0.25, 0.3) is 0 Å². The predicted octanol–water partition coefficient (Wildman–Crippen LogP) is 0.846. The van der Waals surface area contributed by atoms with E-state index in [1.807, 2.05) is 0 Å². The molecule has 0 N–H and O–H groups in total. The van der Waals surface area contributed by atoms with E-state index in [9.17, 15) is 8.42 Å². The Kier molecular flexibility index (Phi) is 2.84. The molecule has 0 aromatic carbocycles. The molecule has 0 fully saturated rings. The number of aromatic nitrogens is 1. The Hall–Kier alpha value is -0.610. The Labute approximate surface area is 71.0 Å². The number of thiol groups is 1. The zero-order valence-electron chi connectivity index (χ0n) is 5.53. The highest BCUT2D eigenvalue weighted by atomic mass is 35.5. The Bertz CT molecular complexity index is 316. The van der Waals surface area contributed by atoms with Gasteiger partial charge in [0.2, 0.25) is 0 Å². The molecule has 0 saturated carbocycles. The lowest BCUT2D eigenvalue weighted by Crippen LogP contribution is -1.87. The first-order chi connectivity index (χ1) is 5.18.